The first-order chi connectivity index (χ1) is 11.2. The Morgan fingerprint density at radius 2 is 2.00 bits per heavy atom. The molecule has 1 fully saturated rings. The summed E-state index contributed by atoms with van der Waals surface area (Å²) in [7, 11) is 0. The number of furan rings is 1. The van der Waals surface area contributed by atoms with Crippen LogP contribution in [0.5, 0.6) is 0 Å². The van der Waals surface area contributed by atoms with Crippen molar-refractivity contribution in [3.05, 3.63) is 23.7 Å². The number of likely N-dealkylation sites (tertiary alicyclic amines) is 1. The molecule has 1 aliphatic heterocycles. The molecule has 2 rings (SSSR count). The molecule has 24 heavy (non-hydrogen) atoms. The van der Waals surface area contributed by atoms with Gasteiger partial charge in [-0.2, -0.15) is 13.2 Å². The molecule has 0 aromatic carbocycles. The monoisotopic (exact) mass is 348 g/mol. The van der Waals surface area contributed by atoms with E-state index in [1.807, 2.05) is 6.92 Å². The van der Waals surface area contributed by atoms with E-state index in [4.69, 9.17) is 4.42 Å². The van der Waals surface area contributed by atoms with Gasteiger partial charge in [0.25, 0.3) is 0 Å². The molecule has 0 saturated carbocycles. The Bertz CT molecular complexity index is 565. The van der Waals surface area contributed by atoms with Crippen LogP contribution in [-0.4, -0.2) is 47.8 Å². The van der Waals surface area contributed by atoms with E-state index in [1.54, 1.807) is 0 Å². The third-order valence-corrected chi connectivity index (χ3v) is 4.43. The van der Waals surface area contributed by atoms with Crippen LogP contribution in [-0.2, 0) is 10.4 Å². The fraction of sp³-hybridized carbons (Fsp3) is 0.688. The van der Waals surface area contributed by atoms with E-state index in [2.05, 4.69) is 10.2 Å². The summed E-state index contributed by atoms with van der Waals surface area (Å²) in [5, 5.41) is 12.7. The maximum atomic E-state index is 13.3. The Labute approximate surface area is 138 Å². The highest BCUT2D eigenvalue weighted by atomic mass is 19.4. The standard InChI is InChI=1S/C16H23F3N2O3/c1-3-21-8-6-12(7-9-21)20-14(22)10-15(23,16(17,18)19)13-5-4-11(2)24-13/h4-5,12,23H,3,6-10H2,1-2H3,(H,20,22). The van der Waals surface area contributed by atoms with Gasteiger partial charge in [0.1, 0.15) is 11.5 Å². The van der Waals surface area contributed by atoms with Gasteiger partial charge in [-0.25, -0.2) is 0 Å². The Hall–Kier alpha value is -1.54. The van der Waals surface area contributed by atoms with Crippen LogP contribution in [0.1, 0.15) is 37.7 Å². The zero-order valence-corrected chi connectivity index (χ0v) is 13.8. The fourth-order valence-electron chi connectivity index (χ4n) is 2.89. The molecule has 1 aromatic rings. The normalized spacial score (nSPS) is 19.9. The molecule has 1 atom stereocenters. The zero-order valence-electron chi connectivity index (χ0n) is 13.8. The number of piperidine rings is 1. The largest absolute Gasteiger partial charge is 0.463 e. The second-order valence-electron chi connectivity index (χ2n) is 6.22. The van der Waals surface area contributed by atoms with Crippen LogP contribution < -0.4 is 5.32 Å². The molecule has 1 amide bonds. The van der Waals surface area contributed by atoms with Crippen molar-refractivity contribution in [1.29, 1.82) is 0 Å². The molecular weight excluding hydrogens is 325 g/mol. The lowest BCUT2D eigenvalue weighted by Crippen LogP contribution is -2.49. The quantitative estimate of drug-likeness (QED) is 0.857. The Kier molecular flexibility index (Phi) is 5.59. The van der Waals surface area contributed by atoms with Gasteiger partial charge < -0.3 is 19.7 Å². The summed E-state index contributed by atoms with van der Waals surface area (Å²) < 4.78 is 45.0. The highest BCUT2D eigenvalue weighted by Gasteiger charge is 2.58. The van der Waals surface area contributed by atoms with Crippen LogP contribution in [0.3, 0.4) is 0 Å². The maximum absolute atomic E-state index is 13.3. The number of nitrogens with zero attached hydrogens (tertiary/aromatic N) is 1. The van der Waals surface area contributed by atoms with E-state index < -0.39 is 29.9 Å². The predicted molar refractivity (Wildman–Crippen MR) is 81.3 cm³/mol. The van der Waals surface area contributed by atoms with E-state index in [9.17, 15) is 23.1 Å². The van der Waals surface area contributed by atoms with Gasteiger partial charge in [-0.1, -0.05) is 6.92 Å². The average molecular weight is 348 g/mol. The molecule has 5 nitrogen and oxygen atoms in total. The van der Waals surface area contributed by atoms with Crippen molar-refractivity contribution in [3.8, 4) is 0 Å². The first-order valence-corrected chi connectivity index (χ1v) is 8.03. The Balaban J connectivity index is 2.03. The summed E-state index contributed by atoms with van der Waals surface area (Å²) in [5.74, 6) is -1.26. The highest BCUT2D eigenvalue weighted by molar-refractivity contribution is 5.77. The topological polar surface area (TPSA) is 65.7 Å². The van der Waals surface area contributed by atoms with Crippen molar-refractivity contribution < 1.29 is 27.5 Å². The van der Waals surface area contributed by atoms with Crippen LogP contribution in [0.25, 0.3) is 0 Å². The van der Waals surface area contributed by atoms with Crippen LogP contribution in [0, 0.1) is 6.92 Å². The molecular formula is C16H23F3N2O3. The number of amides is 1. The van der Waals surface area contributed by atoms with Gasteiger partial charge >= 0.3 is 6.18 Å². The molecule has 8 heteroatoms. The van der Waals surface area contributed by atoms with Gasteiger partial charge in [-0.05, 0) is 38.4 Å². The average Bonchev–Trinajstić information content (AvgIpc) is 2.93. The number of carbonyl (C=O) groups excluding carboxylic acids is 1. The number of hydrogen-bond acceptors (Lipinski definition) is 4. The molecule has 1 aliphatic rings. The Morgan fingerprint density at radius 1 is 1.38 bits per heavy atom. The summed E-state index contributed by atoms with van der Waals surface area (Å²) in [6, 6.07) is 2.20. The molecule has 2 heterocycles. The number of aryl methyl sites for hydroxylation is 1. The van der Waals surface area contributed by atoms with E-state index in [0.717, 1.165) is 25.7 Å². The van der Waals surface area contributed by atoms with Crippen molar-refractivity contribution in [2.45, 2.75) is 50.9 Å². The summed E-state index contributed by atoms with van der Waals surface area (Å²) in [5.41, 5.74) is -3.32. The number of aliphatic hydroxyl groups is 1. The lowest BCUT2D eigenvalue weighted by atomic mass is 9.94. The molecule has 0 spiro atoms. The number of halogens is 3. The molecule has 0 aliphatic carbocycles. The number of hydrogen-bond donors (Lipinski definition) is 2. The summed E-state index contributed by atoms with van der Waals surface area (Å²) in [4.78, 5) is 14.3. The van der Waals surface area contributed by atoms with Gasteiger partial charge in [-0.15, -0.1) is 0 Å². The predicted octanol–water partition coefficient (Wildman–Crippen LogP) is 2.33. The molecule has 136 valence electrons. The summed E-state index contributed by atoms with van der Waals surface area (Å²) in [6.07, 6.45) is -4.76. The van der Waals surface area contributed by atoms with E-state index in [0.29, 0.717) is 12.8 Å². The van der Waals surface area contributed by atoms with Crippen molar-refractivity contribution in [1.82, 2.24) is 10.2 Å². The van der Waals surface area contributed by atoms with Gasteiger partial charge in [0.05, 0.1) is 6.42 Å². The molecule has 0 bridgehead atoms. The van der Waals surface area contributed by atoms with Crippen LogP contribution >= 0.6 is 0 Å². The van der Waals surface area contributed by atoms with Crippen molar-refractivity contribution in [2.24, 2.45) is 0 Å². The van der Waals surface area contributed by atoms with Crippen molar-refractivity contribution >= 4 is 5.91 Å². The smallest absolute Gasteiger partial charge is 0.425 e. The molecule has 1 aromatic heterocycles. The first kappa shape index (κ1) is 18.8. The van der Waals surface area contributed by atoms with Gasteiger partial charge in [0.15, 0.2) is 0 Å². The minimum absolute atomic E-state index is 0.170. The lowest BCUT2D eigenvalue weighted by molar-refractivity contribution is -0.273. The first-order valence-electron chi connectivity index (χ1n) is 8.03. The van der Waals surface area contributed by atoms with Gasteiger partial charge in [0, 0.05) is 19.1 Å². The number of alkyl halides is 3. The van der Waals surface area contributed by atoms with Gasteiger partial charge in [-0.3, -0.25) is 4.79 Å². The van der Waals surface area contributed by atoms with Crippen LogP contribution in [0.15, 0.2) is 16.5 Å². The second kappa shape index (κ2) is 7.14. The minimum Gasteiger partial charge on any atom is -0.463 e. The fourth-order valence-corrected chi connectivity index (χ4v) is 2.89. The number of rotatable bonds is 5. The van der Waals surface area contributed by atoms with Crippen molar-refractivity contribution in [3.63, 3.8) is 0 Å². The maximum Gasteiger partial charge on any atom is 0.425 e. The molecule has 2 N–H and O–H groups in total. The van der Waals surface area contributed by atoms with Crippen LogP contribution in [0.2, 0.25) is 0 Å². The van der Waals surface area contributed by atoms with Crippen molar-refractivity contribution in [2.75, 3.05) is 19.6 Å². The number of carbonyl (C=O) groups is 1. The third kappa shape index (κ3) is 4.10. The Morgan fingerprint density at radius 3 is 2.46 bits per heavy atom. The number of nitrogens with one attached hydrogen (secondary N) is 1. The summed E-state index contributed by atoms with van der Waals surface area (Å²) >= 11 is 0. The van der Waals surface area contributed by atoms with Gasteiger partial charge in [0.2, 0.25) is 11.5 Å². The van der Waals surface area contributed by atoms with E-state index in [1.165, 1.54) is 13.0 Å². The second-order valence-corrected chi connectivity index (χ2v) is 6.22. The lowest BCUT2D eigenvalue weighted by Gasteiger charge is -2.33. The van der Waals surface area contributed by atoms with E-state index in [-0.39, 0.29) is 11.8 Å². The third-order valence-electron chi connectivity index (χ3n) is 4.43. The minimum atomic E-state index is -5.01. The summed E-state index contributed by atoms with van der Waals surface area (Å²) in [6.45, 7) is 6.01. The van der Waals surface area contributed by atoms with Crippen LogP contribution in [0.4, 0.5) is 13.2 Å². The zero-order chi connectivity index (χ0) is 18.0. The molecule has 1 unspecified atom stereocenters. The van der Waals surface area contributed by atoms with E-state index >= 15 is 0 Å². The highest BCUT2D eigenvalue weighted by Crippen LogP contribution is 2.42. The SMILES string of the molecule is CCN1CCC(NC(=O)CC(O)(c2ccc(C)o2)C(F)(F)F)CC1. The molecule has 0 radical (unpaired) electrons. The molecule has 1 saturated heterocycles.